The quantitative estimate of drug-likeness (QED) is 0.360. The molecule has 138 valence electrons. The van der Waals surface area contributed by atoms with Crippen LogP contribution in [0.3, 0.4) is 0 Å². The minimum atomic E-state index is -3.78. The molecule has 0 radical (unpaired) electrons. The Morgan fingerprint density at radius 1 is 1.08 bits per heavy atom. The van der Waals surface area contributed by atoms with Gasteiger partial charge < -0.3 is 10.3 Å². The molecule has 7 nitrogen and oxygen atoms in total. The van der Waals surface area contributed by atoms with Gasteiger partial charge in [0.25, 0.3) is 0 Å². The fraction of sp³-hybridized carbons (Fsp3) is 0.176. The van der Waals surface area contributed by atoms with Gasteiger partial charge in [-0.1, -0.05) is 41.0 Å². The van der Waals surface area contributed by atoms with E-state index in [0.29, 0.717) is 17.0 Å². The first-order valence-corrected chi connectivity index (χ1v) is 9.45. The summed E-state index contributed by atoms with van der Waals surface area (Å²) in [5.74, 6) is -0.886. The highest BCUT2D eigenvalue weighted by Crippen LogP contribution is 2.14. The van der Waals surface area contributed by atoms with Crippen LogP contribution in [0.25, 0.3) is 0 Å². The molecule has 0 saturated carbocycles. The zero-order valence-electron chi connectivity index (χ0n) is 13.6. The summed E-state index contributed by atoms with van der Waals surface area (Å²) in [7, 11) is -3.78. The monoisotopic (exact) mass is 396 g/mol. The third-order valence-corrected chi connectivity index (χ3v) is 5.26. The van der Waals surface area contributed by atoms with Gasteiger partial charge >= 0.3 is 5.97 Å². The Hall–Kier alpha value is -2.42. The minimum absolute atomic E-state index is 0.0151. The third-order valence-electron chi connectivity index (χ3n) is 3.59. The van der Waals surface area contributed by atoms with E-state index in [9.17, 15) is 18.4 Å². The normalized spacial score (nSPS) is 12.1. The molecule has 0 aromatic heterocycles. The van der Waals surface area contributed by atoms with Crippen LogP contribution in [0.1, 0.15) is 17.5 Å². The summed E-state index contributed by atoms with van der Waals surface area (Å²) < 4.78 is 26.9. The molecule has 26 heavy (non-hydrogen) atoms. The van der Waals surface area contributed by atoms with Crippen molar-refractivity contribution in [2.45, 2.75) is 17.7 Å². The number of rotatable bonds is 8. The van der Waals surface area contributed by atoms with E-state index >= 15 is 0 Å². The molecule has 0 fully saturated rings. The van der Waals surface area contributed by atoms with Crippen LogP contribution in [0.15, 0.2) is 58.6 Å². The molecule has 9 heteroatoms. The molecule has 0 atom stereocenters. The number of halogens is 1. The van der Waals surface area contributed by atoms with Crippen molar-refractivity contribution in [1.82, 2.24) is 4.72 Å². The molecule has 3 N–H and O–H groups in total. The predicted octanol–water partition coefficient (Wildman–Crippen LogP) is 2.51. The van der Waals surface area contributed by atoms with Crippen LogP contribution in [0.4, 0.5) is 0 Å². The fourth-order valence-electron chi connectivity index (χ4n) is 2.17. The lowest BCUT2D eigenvalue weighted by molar-refractivity contribution is -0.136. The summed E-state index contributed by atoms with van der Waals surface area (Å²) in [6.45, 7) is -0.212. The maximum atomic E-state index is 12.3. The van der Waals surface area contributed by atoms with Gasteiger partial charge in [0.1, 0.15) is 5.71 Å². The number of carboxylic acids is 1. The van der Waals surface area contributed by atoms with Crippen molar-refractivity contribution in [3.05, 3.63) is 64.7 Å². The van der Waals surface area contributed by atoms with Crippen molar-refractivity contribution >= 4 is 33.3 Å². The van der Waals surface area contributed by atoms with E-state index in [4.69, 9.17) is 16.7 Å². The molecule has 0 aliphatic carbocycles. The average Bonchev–Trinajstić information content (AvgIpc) is 2.61. The smallest absolute Gasteiger partial charge is 0.303 e. The molecular formula is C17H17ClN2O5S. The number of aliphatic carboxylic acids is 1. The van der Waals surface area contributed by atoms with Crippen LogP contribution < -0.4 is 4.72 Å². The summed E-state index contributed by atoms with van der Waals surface area (Å²) in [6, 6.07) is 12.4. The molecule has 0 amide bonds. The van der Waals surface area contributed by atoms with Crippen LogP contribution >= 0.6 is 11.6 Å². The highest BCUT2D eigenvalue weighted by molar-refractivity contribution is 7.89. The Morgan fingerprint density at radius 2 is 1.69 bits per heavy atom. The lowest BCUT2D eigenvalue weighted by Gasteiger charge is -2.09. The Kier molecular flexibility index (Phi) is 6.73. The standard InChI is InChI=1S/C17H17ClN2O5S/c18-14-6-8-15(9-7-14)26(24,25)19-11-16(20-23)13-4-1-12(2-5-13)3-10-17(21)22/h1-2,4-9,19,23H,3,10-11H2,(H,21,22)/b20-16+. The van der Waals surface area contributed by atoms with Gasteiger partial charge in [-0.2, -0.15) is 0 Å². The van der Waals surface area contributed by atoms with E-state index < -0.39 is 16.0 Å². The van der Waals surface area contributed by atoms with Crippen LogP contribution in [-0.2, 0) is 21.2 Å². The van der Waals surface area contributed by atoms with Gasteiger partial charge in [-0.3, -0.25) is 4.79 Å². The maximum absolute atomic E-state index is 12.3. The highest BCUT2D eigenvalue weighted by atomic mass is 35.5. The Bertz CT molecular complexity index is 894. The van der Waals surface area contributed by atoms with Gasteiger partial charge in [-0.15, -0.1) is 0 Å². The van der Waals surface area contributed by atoms with E-state index in [0.717, 1.165) is 5.56 Å². The summed E-state index contributed by atoms with van der Waals surface area (Å²) in [5, 5.41) is 21.4. The van der Waals surface area contributed by atoms with Crippen molar-refractivity contribution in [1.29, 1.82) is 0 Å². The second-order valence-corrected chi connectivity index (χ2v) is 7.62. The van der Waals surface area contributed by atoms with Crippen molar-refractivity contribution in [3.63, 3.8) is 0 Å². The molecule has 0 aliphatic rings. The number of carbonyl (C=O) groups is 1. The second kappa shape index (κ2) is 8.79. The topological polar surface area (TPSA) is 116 Å². The Morgan fingerprint density at radius 3 is 2.23 bits per heavy atom. The Labute approximate surface area is 156 Å². The molecule has 0 unspecified atom stereocenters. The number of carboxylic acid groups (broad SMARTS) is 1. The largest absolute Gasteiger partial charge is 0.481 e. The lowest BCUT2D eigenvalue weighted by Crippen LogP contribution is -2.30. The first kappa shape index (κ1) is 19.9. The number of nitrogens with zero attached hydrogens (tertiary/aromatic N) is 1. The van der Waals surface area contributed by atoms with Crippen LogP contribution in [0.2, 0.25) is 5.02 Å². The van der Waals surface area contributed by atoms with E-state index in [-0.39, 0.29) is 23.6 Å². The van der Waals surface area contributed by atoms with Gasteiger partial charge in [0.05, 0.1) is 11.4 Å². The average molecular weight is 397 g/mol. The molecule has 0 spiro atoms. The number of benzene rings is 2. The van der Waals surface area contributed by atoms with Crippen LogP contribution in [0, 0.1) is 0 Å². The Balaban J connectivity index is 2.05. The summed E-state index contributed by atoms with van der Waals surface area (Å²) in [6.07, 6.45) is 0.394. The zero-order chi connectivity index (χ0) is 19.2. The second-order valence-electron chi connectivity index (χ2n) is 5.42. The van der Waals surface area contributed by atoms with Gasteiger partial charge in [0.2, 0.25) is 10.0 Å². The number of nitrogens with one attached hydrogen (secondary N) is 1. The molecule has 2 aromatic rings. The first-order valence-electron chi connectivity index (χ1n) is 7.59. The molecular weight excluding hydrogens is 380 g/mol. The van der Waals surface area contributed by atoms with Crippen molar-refractivity contribution in [2.75, 3.05) is 6.54 Å². The molecule has 2 rings (SSSR count). The summed E-state index contributed by atoms with van der Waals surface area (Å²) in [5.41, 5.74) is 1.47. The molecule has 0 bridgehead atoms. The van der Waals surface area contributed by atoms with Crippen molar-refractivity contribution in [2.24, 2.45) is 5.16 Å². The van der Waals surface area contributed by atoms with E-state index in [1.54, 1.807) is 24.3 Å². The fourth-order valence-corrected chi connectivity index (χ4v) is 3.28. The van der Waals surface area contributed by atoms with E-state index in [2.05, 4.69) is 9.88 Å². The number of hydrogen-bond acceptors (Lipinski definition) is 5. The van der Waals surface area contributed by atoms with E-state index in [1.165, 1.54) is 24.3 Å². The van der Waals surface area contributed by atoms with Crippen molar-refractivity contribution < 1.29 is 23.5 Å². The molecule has 0 heterocycles. The molecule has 2 aromatic carbocycles. The first-order chi connectivity index (χ1) is 12.3. The highest BCUT2D eigenvalue weighted by Gasteiger charge is 2.15. The summed E-state index contributed by atoms with van der Waals surface area (Å²) in [4.78, 5) is 10.6. The third kappa shape index (κ3) is 5.55. The summed E-state index contributed by atoms with van der Waals surface area (Å²) >= 11 is 5.74. The van der Waals surface area contributed by atoms with Crippen LogP contribution in [0.5, 0.6) is 0 Å². The number of sulfonamides is 1. The SMILES string of the molecule is O=C(O)CCc1ccc(/C(CNS(=O)(=O)c2ccc(Cl)cc2)=N/O)cc1. The molecule has 0 saturated heterocycles. The van der Waals surface area contributed by atoms with Crippen molar-refractivity contribution in [3.8, 4) is 0 Å². The number of hydrogen-bond donors (Lipinski definition) is 3. The molecule has 0 aliphatic heterocycles. The van der Waals surface area contributed by atoms with Gasteiger partial charge in [-0.05, 0) is 36.2 Å². The number of aryl methyl sites for hydroxylation is 1. The van der Waals surface area contributed by atoms with Gasteiger partial charge in [0.15, 0.2) is 0 Å². The minimum Gasteiger partial charge on any atom is -0.481 e. The predicted molar refractivity (Wildman–Crippen MR) is 97.4 cm³/mol. The van der Waals surface area contributed by atoms with E-state index in [1.807, 2.05) is 0 Å². The lowest BCUT2D eigenvalue weighted by atomic mass is 10.0. The maximum Gasteiger partial charge on any atom is 0.303 e. The van der Waals surface area contributed by atoms with Gasteiger partial charge in [0, 0.05) is 17.0 Å². The zero-order valence-corrected chi connectivity index (χ0v) is 15.2. The number of oxime groups is 1. The van der Waals surface area contributed by atoms with Gasteiger partial charge in [-0.25, -0.2) is 13.1 Å². The van der Waals surface area contributed by atoms with Crippen LogP contribution in [-0.4, -0.2) is 37.0 Å².